The van der Waals surface area contributed by atoms with Crippen molar-refractivity contribution in [2.24, 2.45) is 0 Å². The van der Waals surface area contributed by atoms with E-state index in [9.17, 15) is 14.0 Å². The van der Waals surface area contributed by atoms with Gasteiger partial charge in [0, 0.05) is 5.02 Å². The molecule has 0 aliphatic heterocycles. The summed E-state index contributed by atoms with van der Waals surface area (Å²) in [4.78, 5) is 24.0. The number of carbonyl (C=O) groups excluding carboxylic acids is 2. The highest BCUT2D eigenvalue weighted by Gasteiger charge is 2.12. The van der Waals surface area contributed by atoms with Crippen LogP contribution >= 0.6 is 11.6 Å². The summed E-state index contributed by atoms with van der Waals surface area (Å²) in [5.41, 5.74) is 1.08. The van der Waals surface area contributed by atoms with Gasteiger partial charge in [0.2, 0.25) is 0 Å². The number of benzene rings is 3. The predicted octanol–water partition coefficient (Wildman–Crippen LogP) is 4.85. The van der Waals surface area contributed by atoms with E-state index in [-0.39, 0.29) is 16.3 Å². The van der Waals surface area contributed by atoms with Crippen LogP contribution in [0.5, 0.6) is 5.75 Å². The van der Waals surface area contributed by atoms with Gasteiger partial charge < -0.3 is 14.8 Å². The molecule has 5 nitrogen and oxygen atoms in total. The Morgan fingerprint density at radius 1 is 0.966 bits per heavy atom. The van der Waals surface area contributed by atoms with Crippen molar-refractivity contribution >= 4 is 29.2 Å². The monoisotopic (exact) mass is 413 g/mol. The highest BCUT2D eigenvalue weighted by atomic mass is 35.5. The number of esters is 1. The summed E-state index contributed by atoms with van der Waals surface area (Å²) in [6.07, 6.45) is 0. The molecule has 0 aromatic heterocycles. The van der Waals surface area contributed by atoms with E-state index in [1.807, 2.05) is 30.3 Å². The standard InChI is InChI=1S/C22H17ClFNO4/c23-17-10-11-19(24)20(12-17)25-21(26)14-29-22(27)16-8-6-15(7-9-16)13-28-18-4-2-1-3-5-18/h1-12H,13-14H2,(H,25,26). The van der Waals surface area contributed by atoms with Crippen molar-refractivity contribution in [3.8, 4) is 5.75 Å². The summed E-state index contributed by atoms with van der Waals surface area (Å²) in [5, 5.41) is 2.58. The third kappa shape index (κ3) is 6.05. The molecule has 0 aliphatic carbocycles. The van der Waals surface area contributed by atoms with Crippen LogP contribution in [0.4, 0.5) is 10.1 Å². The van der Waals surface area contributed by atoms with Crippen LogP contribution < -0.4 is 10.1 Å². The SMILES string of the molecule is O=C(COC(=O)c1ccc(COc2ccccc2)cc1)Nc1cc(Cl)ccc1F. The molecule has 1 N–H and O–H groups in total. The smallest absolute Gasteiger partial charge is 0.338 e. The molecule has 0 heterocycles. The Morgan fingerprint density at radius 3 is 2.41 bits per heavy atom. The molecule has 0 saturated carbocycles. The van der Waals surface area contributed by atoms with Crippen LogP contribution in [0.25, 0.3) is 0 Å². The van der Waals surface area contributed by atoms with Gasteiger partial charge in [-0.15, -0.1) is 0 Å². The van der Waals surface area contributed by atoms with Crippen molar-refractivity contribution in [2.75, 3.05) is 11.9 Å². The molecule has 0 aliphatic rings. The molecule has 0 radical (unpaired) electrons. The quantitative estimate of drug-likeness (QED) is 0.562. The van der Waals surface area contributed by atoms with Gasteiger partial charge in [0.25, 0.3) is 5.91 Å². The van der Waals surface area contributed by atoms with Crippen LogP contribution in [0, 0.1) is 5.82 Å². The van der Waals surface area contributed by atoms with Crippen molar-refractivity contribution in [1.82, 2.24) is 0 Å². The van der Waals surface area contributed by atoms with Crippen LogP contribution in [0.15, 0.2) is 72.8 Å². The minimum atomic E-state index is -0.674. The number of amides is 1. The van der Waals surface area contributed by atoms with Gasteiger partial charge in [0.15, 0.2) is 6.61 Å². The highest BCUT2D eigenvalue weighted by molar-refractivity contribution is 6.30. The van der Waals surface area contributed by atoms with Gasteiger partial charge in [-0.05, 0) is 48.0 Å². The topological polar surface area (TPSA) is 64.6 Å². The Kier molecular flexibility index (Phi) is 6.81. The average Bonchev–Trinajstić information content (AvgIpc) is 2.74. The molecule has 29 heavy (non-hydrogen) atoms. The first-order valence-corrected chi connectivity index (χ1v) is 9.08. The van der Waals surface area contributed by atoms with Crippen LogP contribution in [0.2, 0.25) is 5.02 Å². The molecule has 1 amide bonds. The van der Waals surface area contributed by atoms with Crippen molar-refractivity contribution in [1.29, 1.82) is 0 Å². The number of carbonyl (C=O) groups is 2. The molecule has 7 heteroatoms. The first-order valence-electron chi connectivity index (χ1n) is 8.70. The Morgan fingerprint density at radius 2 is 1.69 bits per heavy atom. The summed E-state index contributed by atoms with van der Waals surface area (Å²) in [6, 6.07) is 19.8. The zero-order chi connectivity index (χ0) is 20.6. The largest absolute Gasteiger partial charge is 0.489 e. The summed E-state index contributed by atoms with van der Waals surface area (Å²) in [5.74, 6) is -1.23. The first-order chi connectivity index (χ1) is 14.0. The number of rotatable bonds is 7. The Bertz CT molecular complexity index is 993. The third-order valence-corrected chi connectivity index (χ3v) is 4.11. The second-order valence-corrected chi connectivity index (χ2v) is 6.48. The van der Waals surface area contributed by atoms with Gasteiger partial charge in [-0.25, -0.2) is 9.18 Å². The fourth-order valence-corrected chi connectivity index (χ4v) is 2.59. The number of hydrogen-bond acceptors (Lipinski definition) is 4. The Hall–Kier alpha value is -3.38. The van der Waals surface area contributed by atoms with Gasteiger partial charge in [-0.1, -0.05) is 41.9 Å². The molecular weight excluding hydrogens is 397 g/mol. The van der Waals surface area contributed by atoms with Gasteiger partial charge in [0.1, 0.15) is 18.2 Å². The Balaban J connectivity index is 1.48. The number of nitrogens with one attached hydrogen (secondary N) is 1. The molecule has 3 aromatic rings. The molecule has 0 saturated heterocycles. The van der Waals surface area contributed by atoms with E-state index < -0.39 is 24.3 Å². The van der Waals surface area contributed by atoms with Crippen LogP contribution in [0.3, 0.4) is 0 Å². The lowest BCUT2D eigenvalue weighted by atomic mass is 10.1. The van der Waals surface area contributed by atoms with Crippen molar-refractivity contribution in [3.63, 3.8) is 0 Å². The molecule has 0 fully saturated rings. The lowest BCUT2D eigenvalue weighted by Crippen LogP contribution is -2.21. The van der Waals surface area contributed by atoms with E-state index in [0.29, 0.717) is 6.61 Å². The summed E-state index contributed by atoms with van der Waals surface area (Å²) in [6.45, 7) is -0.198. The maximum Gasteiger partial charge on any atom is 0.338 e. The highest BCUT2D eigenvalue weighted by Crippen LogP contribution is 2.19. The number of halogens is 2. The van der Waals surface area contributed by atoms with Gasteiger partial charge >= 0.3 is 5.97 Å². The van der Waals surface area contributed by atoms with Crippen LogP contribution in [-0.4, -0.2) is 18.5 Å². The number of hydrogen-bond donors (Lipinski definition) is 1. The molecular formula is C22H17ClFNO4. The van der Waals surface area contributed by atoms with E-state index in [4.69, 9.17) is 21.1 Å². The Labute approximate surface area is 172 Å². The maximum absolute atomic E-state index is 13.6. The second-order valence-electron chi connectivity index (χ2n) is 6.05. The van der Waals surface area contributed by atoms with Gasteiger partial charge in [-0.3, -0.25) is 4.79 Å². The van der Waals surface area contributed by atoms with Crippen molar-refractivity contribution in [2.45, 2.75) is 6.61 Å². The van der Waals surface area contributed by atoms with Crippen LogP contribution in [0.1, 0.15) is 15.9 Å². The maximum atomic E-state index is 13.6. The molecule has 3 aromatic carbocycles. The van der Waals surface area contributed by atoms with Crippen molar-refractivity contribution < 1.29 is 23.5 Å². The van der Waals surface area contributed by atoms with E-state index in [2.05, 4.69) is 5.32 Å². The number of anilines is 1. The molecule has 0 atom stereocenters. The molecule has 3 rings (SSSR count). The molecule has 148 valence electrons. The number of ether oxygens (including phenoxy) is 2. The van der Waals surface area contributed by atoms with E-state index in [1.165, 1.54) is 12.1 Å². The van der Waals surface area contributed by atoms with Gasteiger partial charge in [-0.2, -0.15) is 0 Å². The lowest BCUT2D eigenvalue weighted by molar-refractivity contribution is -0.119. The minimum Gasteiger partial charge on any atom is -0.489 e. The summed E-state index contributed by atoms with van der Waals surface area (Å²) < 4.78 is 24.2. The molecule has 0 bridgehead atoms. The fourth-order valence-electron chi connectivity index (χ4n) is 2.41. The third-order valence-electron chi connectivity index (χ3n) is 3.88. The fraction of sp³-hybridized carbons (Fsp3) is 0.0909. The van der Waals surface area contributed by atoms with E-state index in [0.717, 1.165) is 17.4 Å². The van der Waals surface area contributed by atoms with E-state index in [1.54, 1.807) is 24.3 Å². The normalized spacial score (nSPS) is 10.3. The zero-order valence-corrected chi connectivity index (χ0v) is 16.0. The van der Waals surface area contributed by atoms with Gasteiger partial charge in [0.05, 0.1) is 11.3 Å². The average molecular weight is 414 g/mol. The lowest BCUT2D eigenvalue weighted by Gasteiger charge is -2.09. The summed E-state index contributed by atoms with van der Waals surface area (Å²) in [7, 11) is 0. The van der Waals surface area contributed by atoms with Crippen molar-refractivity contribution in [3.05, 3.63) is 94.8 Å². The molecule has 0 unspecified atom stereocenters. The second kappa shape index (κ2) is 9.71. The minimum absolute atomic E-state index is 0.0821. The summed E-state index contributed by atoms with van der Waals surface area (Å²) >= 11 is 5.77. The number of para-hydroxylation sites is 1. The predicted molar refractivity (Wildman–Crippen MR) is 108 cm³/mol. The molecule has 0 spiro atoms. The van der Waals surface area contributed by atoms with E-state index >= 15 is 0 Å². The van der Waals surface area contributed by atoms with Crippen LogP contribution in [-0.2, 0) is 16.1 Å². The first kappa shape index (κ1) is 20.4. The zero-order valence-electron chi connectivity index (χ0n) is 15.2.